The summed E-state index contributed by atoms with van der Waals surface area (Å²) < 4.78 is 7.24. The number of aryl methyl sites for hydroxylation is 1. The monoisotopic (exact) mass is 241 g/mol. The number of nitrogens with two attached hydrogens (primary N) is 1. The number of morpholine rings is 1. The highest BCUT2D eigenvalue weighted by molar-refractivity contribution is 7.80. The number of rotatable bonds is 3. The minimum atomic E-state index is -0.142. The Morgan fingerprint density at radius 2 is 2.56 bits per heavy atom. The second kappa shape index (κ2) is 4.86. The van der Waals surface area contributed by atoms with E-state index >= 15 is 0 Å². The van der Waals surface area contributed by atoms with Crippen molar-refractivity contribution in [1.29, 1.82) is 0 Å². The molecule has 0 bridgehead atoms. The fraction of sp³-hybridized carbons (Fsp3) is 0.667. The number of hydrogen-bond donors (Lipinski definition) is 1. The van der Waals surface area contributed by atoms with E-state index in [0.29, 0.717) is 11.6 Å². The highest BCUT2D eigenvalue weighted by Gasteiger charge is 2.23. The predicted octanol–water partition coefficient (Wildman–Crippen LogP) is -0.698. The maximum atomic E-state index is 5.58. The fourth-order valence-corrected chi connectivity index (χ4v) is 1.82. The summed E-state index contributed by atoms with van der Waals surface area (Å²) in [4.78, 5) is 6.82. The molecule has 0 saturated carbocycles. The smallest absolute Gasteiger partial charge is 0.140 e. The van der Waals surface area contributed by atoms with Gasteiger partial charge in [0.05, 0.1) is 13.2 Å². The molecule has 1 aliphatic heterocycles. The third kappa shape index (κ3) is 2.55. The molecule has 2 heterocycles. The van der Waals surface area contributed by atoms with Gasteiger partial charge in [0.15, 0.2) is 0 Å². The van der Waals surface area contributed by atoms with Crippen LogP contribution in [0, 0.1) is 0 Å². The van der Waals surface area contributed by atoms with E-state index in [0.717, 1.165) is 25.5 Å². The second-order valence-electron chi connectivity index (χ2n) is 3.80. The first kappa shape index (κ1) is 11.4. The molecule has 1 atom stereocenters. The van der Waals surface area contributed by atoms with Gasteiger partial charge in [-0.15, -0.1) is 0 Å². The molecule has 0 radical (unpaired) electrons. The van der Waals surface area contributed by atoms with Gasteiger partial charge >= 0.3 is 0 Å². The van der Waals surface area contributed by atoms with Gasteiger partial charge in [0, 0.05) is 20.1 Å². The van der Waals surface area contributed by atoms with Crippen molar-refractivity contribution in [3.8, 4) is 0 Å². The number of ether oxygens (including phenoxy) is 1. The van der Waals surface area contributed by atoms with Gasteiger partial charge in [-0.1, -0.05) is 12.2 Å². The van der Waals surface area contributed by atoms with E-state index in [-0.39, 0.29) is 6.10 Å². The van der Waals surface area contributed by atoms with Crippen LogP contribution >= 0.6 is 12.2 Å². The number of aromatic nitrogens is 3. The van der Waals surface area contributed by atoms with Crippen LogP contribution in [0.4, 0.5) is 0 Å². The fourth-order valence-electron chi connectivity index (χ4n) is 1.68. The molecule has 1 fully saturated rings. The van der Waals surface area contributed by atoms with Gasteiger partial charge in [-0.2, -0.15) is 5.10 Å². The topological polar surface area (TPSA) is 69.2 Å². The highest BCUT2D eigenvalue weighted by Crippen LogP contribution is 2.08. The molecule has 1 aromatic rings. The highest BCUT2D eigenvalue weighted by atomic mass is 32.1. The molecule has 2 rings (SSSR count). The van der Waals surface area contributed by atoms with Crippen LogP contribution in [0.25, 0.3) is 0 Å². The van der Waals surface area contributed by atoms with Gasteiger partial charge in [0.1, 0.15) is 23.2 Å². The minimum absolute atomic E-state index is 0.142. The molecule has 0 aliphatic carbocycles. The van der Waals surface area contributed by atoms with E-state index < -0.39 is 0 Å². The molecule has 2 N–H and O–H groups in total. The molecule has 1 aliphatic rings. The summed E-state index contributed by atoms with van der Waals surface area (Å²) in [6.07, 6.45) is 1.41. The molecule has 7 heteroatoms. The quantitative estimate of drug-likeness (QED) is 0.706. The summed E-state index contributed by atoms with van der Waals surface area (Å²) in [5.41, 5.74) is 5.58. The van der Waals surface area contributed by atoms with Crippen molar-refractivity contribution >= 4 is 17.2 Å². The lowest BCUT2D eigenvalue weighted by Crippen LogP contribution is -2.47. The number of nitrogens with zero attached hydrogens (tertiary/aromatic N) is 4. The minimum Gasteiger partial charge on any atom is -0.391 e. The molecule has 1 aromatic heterocycles. The standard InChI is InChI=1S/C9H15N5OS/c1-13-8(11-6-12-13)5-14-2-3-15-7(4-14)9(10)16/h6-7H,2-5H2,1H3,(H2,10,16). The Bertz CT molecular complexity index is 380. The summed E-state index contributed by atoms with van der Waals surface area (Å²) in [5, 5.41) is 4.03. The Hall–Kier alpha value is -1.05. The zero-order valence-corrected chi connectivity index (χ0v) is 9.98. The summed E-state index contributed by atoms with van der Waals surface area (Å²) in [6, 6.07) is 0. The van der Waals surface area contributed by atoms with Crippen LogP contribution in [0.3, 0.4) is 0 Å². The maximum Gasteiger partial charge on any atom is 0.140 e. The van der Waals surface area contributed by atoms with Crippen LogP contribution in [-0.2, 0) is 18.3 Å². The number of hydrogen-bond acceptors (Lipinski definition) is 5. The molecule has 0 aromatic carbocycles. The van der Waals surface area contributed by atoms with Crippen molar-refractivity contribution in [3.05, 3.63) is 12.2 Å². The van der Waals surface area contributed by atoms with Gasteiger partial charge < -0.3 is 10.5 Å². The van der Waals surface area contributed by atoms with E-state index in [4.69, 9.17) is 22.7 Å². The third-order valence-electron chi connectivity index (χ3n) is 2.64. The van der Waals surface area contributed by atoms with Crippen LogP contribution < -0.4 is 5.73 Å². The molecule has 1 unspecified atom stereocenters. The van der Waals surface area contributed by atoms with Gasteiger partial charge in [0.2, 0.25) is 0 Å². The lowest BCUT2D eigenvalue weighted by atomic mass is 10.2. The Kier molecular flexibility index (Phi) is 3.47. The molecule has 16 heavy (non-hydrogen) atoms. The molecule has 0 amide bonds. The number of thiocarbonyl (C=S) groups is 1. The zero-order chi connectivity index (χ0) is 11.5. The SMILES string of the molecule is Cn1ncnc1CN1CCOC(C(N)=S)C1. The Labute approximate surface area is 99.4 Å². The van der Waals surface area contributed by atoms with Crippen molar-refractivity contribution in [2.45, 2.75) is 12.6 Å². The van der Waals surface area contributed by atoms with Crippen LogP contribution in [0.15, 0.2) is 6.33 Å². The van der Waals surface area contributed by atoms with Crippen LogP contribution in [0.2, 0.25) is 0 Å². The second-order valence-corrected chi connectivity index (χ2v) is 4.27. The van der Waals surface area contributed by atoms with Crippen LogP contribution in [0.5, 0.6) is 0 Å². The van der Waals surface area contributed by atoms with Gasteiger partial charge in [-0.05, 0) is 0 Å². The molecule has 6 nitrogen and oxygen atoms in total. The first-order chi connectivity index (χ1) is 7.66. The van der Waals surface area contributed by atoms with Gasteiger partial charge in [-0.3, -0.25) is 9.58 Å². The molecular weight excluding hydrogens is 226 g/mol. The van der Waals surface area contributed by atoms with Crippen molar-refractivity contribution in [2.24, 2.45) is 12.8 Å². The van der Waals surface area contributed by atoms with E-state index in [9.17, 15) is 0 Å². The Morgan fingerprint density at radius 3 is 3.19 bits per heavy atom. The lowest BCUT2D eigenvalue weighted by molar-refractivity contribution is 0.00259. The average Bonchev–Trinajstić information content (AvgIpc) is 2.65. The summed E-state index contributed by atoms with van der Waals surface area (Å²) in [5.74, 6) is 0.934. The van der Waals surface area contributed by atoms with E-state index in [1.54, 1.807) is 11.0 Å². The molecule has 88 valence electrons. The van der Waals surface area contributed by atoms with Crippen molar-refractivity contribution in [3.63, 3.8) is 0 Å². The first-order valence-electron chi connectivity index (χ1n) is 5.13. The predicted molar refractivity (Wildman–Crippen MR) is 62.8 cm³/mol. The Balaban J connectivity index is 1.95. The molecular formula is C9H15N5OS. The van der Waals surface area contributed by atoms with E-state index in [1.807, 2.05) is 7.05 Å². The maximum absolute atomic E-state index is 5.58. The Morgan fingerprint density at radius 1 is 1.75 bits per heavy atom. The van der Waals surface area contributed by atoms with Crippen LogP contribution in [-0.4, -0.2) is 50.5 Å². The van der Waals surface area contributed by atoms with Crippen molar-refractivity contribution in [2.75, 3.05) is 19.7 Å². The summed E-state index contributed by atoms with van der Waals surface area (Å²) in [7, 11) is 1.88. The van der Waals surface area contributed by atoms with E-state index in [1.165, 1.54) is 0 Å². The van der Waals surface area contributed by atoms with Crippen LogP contribution in [0.1, 0.15) is 5.82 Å². The van der Waals surface area contributed by atoms with Crippen molar-refractivity contribution in [1.82, 2.24) is 19.7 Å². The average molecular weight is 241 g/mol. The van der Waals surface area contributed by atoms with Gasteiger partial charge in [0.25, 0.3) is 0 Å². The normalized spacial score (nSPS) is 22.2. The first-order valence-corrected chi connectivity index (χ1v) is 5.54. The largest absolute Gasteiger partial charge is 0.391 e. The van der Waals surface area contributed by atoms with E-state index in [2.05, 4.69) is 15.0 Å². The van der Waals surface area contributed by atoms with Crippen molar-refractivity contribution < 1.29 is 4.74 Å². The molecule has 0 spiro atoms. The lowest BCUT2D eigenvalue weighted by Gasteiger charge is -2.31. The summed E-state index contributed by atoms with van der Waals surface area (Å²) in [6.45, 7) is 2.99. The summed E-state index contributed by atoms with van der Waals surface area (Å²) >= 11 is 4.94. The van der Waals surface area contributed by atoms with Gasteiger partial charge in [-0.25, -0.2) is 4.98 Å². The third-order valence-corrected chi connectivity index (χ3v) is 2.90. The molecule has 1 saturated heterocycles. The zero-order valence-electron chi connectivity index (χ0n) is 9.17.